The average molecular weight is 222 g/mol. The standard InChI is InChI=1S/C13H15FO2/c1-9-8-10(6-7-12(9)14)13(15)16-11-4-2-3-5-11/h6-8,11H,2-5H2,1H3. The number of aryl methyl sites for hydroxylation is 1. The number of rotatable bonds is 2. The van der Waals surface area contributed by atoms with Gasteiger partial charge in [-0.15, -0.1) is 0 Å². The summed E-state index contributed by atoms with van der Waals surface area (Å²) < 4.78 is 18.3. The van der Waals surface area contributed by atoms with Crippen LogP contribution in [-0.2, 0) is 4.74 Å². The lowest BCUT2D eigenvalue weighted by Crippen LogP contribution is -2.14. The molecule has 1 aliphatic carbocycles. The quantitative estimate of drug-likeness (QED) is 0.718. The average Bonchev–Trinajstić information content (AvgIpc) is 2.74. The van der Waals surface area contributed by atoms with E-state index in [9.17, 15) is 9.18 Å². The molecule has 1 aromatic carbocycles. The molecule has 1 aliphatic rings. The van der Waals surface area contributed by atoms with Crippen LogP contribution in [0.3, 0.4) is 0 Å². The molecule has 0 atom stereocenters. The highest BCUT2D eigenvalue weighted by atomic mass is 19.1. The van der Waals surface area contributed by atoms with Gasteiger partial charge in [-0.2, -0.15) is 0 Å². The van der Waals surface area contributed by atoms with Crippen molar-refractivity contribution in [1.29, 1.82) is 0 Å². The molecule has 1 aromatic rings. The first kappa shape index (κ1) is 11.1. The van der Waals surface area contributed by atoms with Crippen LogP contribution in [0.4, 0.5) is 4.39 Å². The minimum atomic E-state index is -0.338. The van der Waals surface area contributed by atoms with Crippen molar-refractivity contribution in [3.8, 4) is 0 Å². The summed E-state index contributed by atoms with van der Waals surface area (Å²) in [6.07, 6.45) is 4.20. The maximum absolute atomic E-state index is 13.0. The van der Waals surface area contributed by atoms with Gasteiger partial charge in [0.2, 0.25) is 0 Å². The van der Waals surface area contributed by atoms with E-state index in [4.69, 9.17) is 4.74 Å². The number of hydrogen-bond donors (Lipinski definition) is 0. The third-order valence-corrected chi connectivity index (χ3v) is 2.97. The number of benzene rings is 1. The summed E-state index contributed by atoms with van der Waals surface area (Å²) in [5.74, 6) is -0.632. The molecule has 2 rings (SSSR count). The monoisotopic (exact) mass is 222 g/mol. The van der Waals surface area contributed by atoms with Gasteiger partial charge in [0.25, 0.3) is 0 Å². The van der Waals surface area contributed by atoms with Crippen LogP contribution in [0.5, 0.6) is 0 Å². The van der Waals surface area contributed by atoms with Crippen molar-refractivity contribution in [3.05, 3.63) is 35.1 Å². The molecule has 0 amide bonds. The van der Waals surface area contributed by atoms with Crippen LogP contribution in [0.2, 0.25) is 0 Å². The summed E-state index contributed by atoms with van der Waals surface area (Å²) in [6.45, 7) is 1.64. The van der Waals surface area contributed by atoms with E-state index in [0.29, 0.717) is 11.1 Å². The van der Waals surface area contributed by atoms with Gasteiger partial charge in [-0.3, -0.25) is 0 Å². The Balaban J connectivity index is 2.05. The van der Waals surface area contributed by atoms with Gasteiger partial charge in [0.1, 0.15) is 11.9 Å². The molecular weight excluding hydrogens is 207 g/mol. The van der Waals surface area contributed by atoms with Crippen molar-refractivity contribution in [3.63, 3.8) is 0 Å². The number of hydrogen-bond acceptors (Lipinski definition) is 2. The second kappa shape index (κ2) is 4.64. The predicted molar refractivity (Wildman–Crippen MR) is 58.8 cm³/mol. The third kappa shape index (κ3) is 2.40. The lowest BCUT2D eigenvalue weighted by atomic mass is 10.1. The van der Waals surface area contributed by atoms with E-state index in [1.54, 1.807) is 6.92 Å². The molecule has 0 bridgehead atoms. The molecule has 0 aromatic heterocycles. The minimum absolute atomic E-state index is 0.0536. The Hall–Kier alpha value is -1.38. The zero-order chi connectivity index (χ0) is 11.5. The molecule has 86 valence electrons. The molecule has 1 fully saturated rings. The fourth-order valence-corrected chi connectivity index (χ4v) is 2.00. The topological polar surface area (TPSA) is 26.3 Å². The van der Waals surface area contributed by atoms with Crippen molar-refractivity contribution in [1.82, 2.24) is 0 Å². The van der Waals surface area contributed by atoms with E-state index in [-0.39, 0.29) is 17.9 Å². The molecule has 16 heavy (non-hydrogen) atoms. The van der Waals surface area contributed by atoms with Gasteiger partial charge in [-0.1, -0.05) is 0 Å². The second-order valence-electron chi connectivity index (χ2n) is 4.28. The van der Waals surface area contributed by atoms with Crippen molar-refractivity contribution >= 4 is 5.97 Å². The Kier molecular flexibility index (Phi) is 3.22. The number of halogens is 1. The molecule has 0 radical (unpaired) electrons. The number of carbonyl (C=O) groups is 1. The highest BCUT2D eigenvalue weighted by Crippen LogP contribution is 2.22. The SMILES string of the molecule is Cc1cc(C(=O)OC2CCCC2)ccc1F. The zero-order valence-electron chi connectivity index (χ0n) is 9.33. The summed E-state index contributed by atoms with van der Waals surface area (Å²) in [4.78, 5) is 11.7. The summed E-state index contributed by atoms with van der Waals surface area (Å²) in [7, 11) is 0. The van der Waals surface area contributed by atoms with Gasteiger partial charge in [0.15, 0.2) is 0 Å². The Morgan fingerprint density at radius 2 is 2.06 bits per heavy atom. The van der Waals surface area contributed by atoms with Crippen LogP contribution >= 0.6 is 0 Å². The van der Waals surface area contributed by atoms with E-state index in [1.165, 1.54) is 18.2 Å². The maximum atomic E-state index is 13.0. The largest absolute Gasteiger partial charge is 0.459 e. The van der Waals surface area contributed by atoms with Crippen LogP contribution in [0.1, 0.15) is 41.6 Å². The molecule has 3 heteroatoms. The summed E-state index contributed by atoms with van der Waals surface area (Å²) in [6, 6.07) is 4.31. The van der Waals surface area contributed by atoms with Crippen molar-refractivity contribution in [2.24, 2.45) is 0 Å². The van der Waals surface area contributed by atoms with Crippen molar-refractivity contribution in [2.45, 2.75) is 38.7 Å². The Morgan fingerprint density at radius 1 is 1.38 bits per heavy atom. The zero-order valence-corrected chi connectivity index (χ0v) is 9.33. The Labute approximate surface area is 94.4 Å². The highest BCUT2D eigenvalue weighted by molar-refractivity contribution is 5.89. The first-order valence-corrected chi connectivity index (χ1v) is 5.64. The number of ether oxygens (including phenoxy) is 1. The highest BCUT2D eigenvalue weighted by Gasteiger charge is 2.20. The fraction of sp³-hybridized carbons (Fsp3) is 0.462. The smallest absolute Gasteiger partial charge is 0.338 e. The molecule has 0 unspecified atom stereocenters. The van der Waals surface area contributed by atoms with Gasteiger partial charge in [0, 0.05) is 0 Å². The van der Waals surface area contributed by atoms with Gasteiger partial charge >= 0.3 is 5.97 Å². The molecule has 0 saturated heterocycles. The van der Waals surface area contributed by atoms with E-state index >= 15 is 0 Å². The van der Waals surface area contributed by atoms with Crippen LogP contribution in [0, 0.1) is 12.7 Å². The van der Waals surface area contributed by atoms with Gasteiger partial charge < -0.3 is 4.74 Å². The Bertz CT molecular complexity index is 395. The van der Waals surface area contributed by atoms with E-state index < -0.39 is 0 Å². The molecule has 0 aliphatic heterocycles. The molecule has 1 saturated carbocycles. The number of carbonyl (C=O) groups excluding carboxylic acids is 1. The van der Waals surface area contributed by atoms with Gasteiger partial charge in [-0.05, 0) is 56.4 Å². The van der Waals surface area contributed by atoms with E-state index in [2.05, 4.69) is 0 Å². The molecular formula is C13H15FO2. The van der Waals surface area contributed by atoms with E-state index in [1.807, 2.05) is 0 Å². The molecule has 2 nitrogen and oxygen atoms in total. The summed E-state index contributed by atoms with van der Waals surface area (Å²) in [5, 5.41) is 0. The normalized spacial score (nSPS) is 16.4. The summed E-state index contributed by atoms with van der Waals surface area (Å²) in [5.41, 5.74) is 0.909. The maximum Gasteiger partial charge on any atom is 0.338 e. The summed E-state index contributed by atoms with van der Waals surface area (Å²) >= 11 is 0. The predicted octanol–water partition coefficient (Wildman–Crippen LogP) is 3.23. The van der Waals surface area contributed by atoms with Gasteiger partial charge in [-0.25, -0.2) is 9.18 Å². The first-order valence-electron chi connectivity index (χ1n) is 5.64. The van der Waals surface area contributed by atoms with Crippen LogP contribution < -0.4 is 0 Å². The Morgan fingerprint density at radius 3 is 2.69 bits per heavy atom. The molecule has 0 N–H and O–H groups in total. The minimum Gasteiger partial charge on any atom is -0.459 e. The van der Waals surface area contributed by atoms with Crippen LogP contribution in [0.15, 0.2) is 18.2 Å². The lowest BCUT2D eigenvalue weighted by molar-refractivity contribution is 0.0317. The van der Waals surface area contributed by atoms with Gasteiger partial charge in [0.05, 0.1) is 5.56 Å². The third-order valence-electron chi connectivity index (χ3n) is 2.97. The molecule has 0 heterocycles. The molecule has 0 spiro atoms. The van der Waals surface area contributed by atoms with E-state index in [0.717, 1.165) is 25.7 Å². The lowest BCUT2D eigenvalue weighted by Gasteiger charge is -2.11. The second-order valence-corrected chi connectivity index (χ2v) is 4.28. The van der Waals surface area contributed by atoms with Crippen molar-refractivity contribution < 1.29 is 13.9 Å². The van der Waals surface area contributed by atoms with Crippen molar-refractivity contribution in [2.75, 3.05) is 0 Å². The fourth-order valence-electron chi connectivity index (χ4n) is 2.00. The van der Waals surface area contributed by atoms with Crippen LogP contribution in [0.25, 0.3) is 0 Å². The number of esters is 1. The van der Waals surface area contributed by atoms with Crippen LogP contribution in [-0.4, -0.2) is 12.1 Å². The first-order chi connectivity index (χ1) is 7.66.